The Morgan fingerprint density at radius 3 is 2.58 bits per heavy atom. The van der Waals surface area contributed by atoms with Gasteiger partial charge < -0.3 is 16.2 Å². The first-order chi connectivity index (χ1) is 9.10. The fourth-order valence-electron chi connectivity index (χ4n) is 1.46. The molecule has 0 aliphatic heterocycles. The van der Waals surface area contributed by atoms with Crippen molar-refractivity contribution in [2.45, 2.75) is 0 Å². The summed E-state index contributed by atoms with van der Waals surface area (Å²) < 4.78 is 5.04. The summed E-state index contributed by atoms with van der Waals surface area (Å²) in [6, 6.07) is 7.18. The second-order valence-corrected chi connectivity index (χ2v) is 3.72. The Morgan fingerprint density at radius 2 is 2.00 bits per heavy atom. The first-order valence-corrected chi connectivity index (χ1v) is 5.43. The minimum absolute atomic E-state index is 0.00832. The fourth-order valence-corrected chi connectivity index (χ4v) is 1.46. The number of rotatable bonds is 3. The summed E-state index contributed by atoms with van der Waals surface area (Å²) in [4.78, 5) is 21.7. The van der Waals surface area contributed by atoms with Crippen molar-refractivity contribution in [1.29, 1.82) is 0 Å². The highest BCUT2D eigenvalue weighted by Gasteiger charge is 2.05. The van der Waals surface area contributed by atoms with E-state index in [9.17, 15) is 4.79 Å². The van der Waals surface area contributed by atoms with E-state index in [1.54, 1.807) is 31.4 Å². The SMILES string of the molecule is COc1ccc(C=Nc2c(N)nc(N)[nH]c2=O)cc1. The van der Waals surface area contributed by atoms with E-state index in [4.69, 9.17) is 16.2 Å². The Labute approximate surface area is 109 Å². The van der Waals surface area contributed by atoms with Gasteiger partial charge in [-0.1, -0.05) is 0 Å². The standard InChI is InChI=1S/C12H13N5O2/c1-19-8-4-2-7(3-5-8)6-15-9-10(13)16-12(14)17-11(9)18/h2-6H,1H3,(H5,13,14,16,17,18). The lowest BCUT2D eigenvalue weighted by Gasteiger charge is -2.00. The molecule has 0 aliphatic rings. The third-order valence-corrected chi connectivity index (χ3v) is 2.40. The third-order valence-electron chi connectivity index (χ3n) is 2.40. The molecule has 2 aromatic rings. The van der Waals surface area contributed by atoms with Gasteiger partial charge in [0.2, 0.25) is 5.95 Å². The van der Waals surface area contributed by atoms with E-state index >= 15 is 0 Å². The molecule has 19 heavy (non-hydrogen) atoms. The van der Waals surface area contributed by atoms with Crippen LogP contribution in [0.25, 0.3) is 0 Å². The molecule has 1 aromatic carbocycles. The molecule has 0 bridgehead atoms. The van der Waals surface area contributed by atoms with Crippen LogP contribution in [0.4, 0.5) is 17.5 Å². The first kappa shape index (κ1) is 12.6. The van der Waals surface area contributed by atoms with Crippen LogP contribution < -0.4 is 21.8 Å². The van der Waals surface area contributed by atoms with Gasteiger partial charge in [0.25, 0.3) is 5.56 Å². The van der Waals surface area contributed by atoms with E-state index in [-0.39, 0.29) is 17.5 Å². The van der Waals surface area contributed by atoms with Crippen molar-refractivity contribution in [1.82, 2.24) is 9.97 Å². The second-order valence-electron chi connectivity index (χ2n) is 3.72. The zero-order valence-electron chi connectivity index (χ0n) is 10.3. The molecular weight excluding hydrogens is 246 g/mol. The summed E-state index contributed by atoms with van der Waals surface area (Å²) in [6.45, 7) is 0. The number of ether oxygens (including phenoxy) is 1. The molecule has 7 nitrogen and oxygen atoms in total. The number of hydrogen-bond donors (Lipinski definition) is 3. The van der Waals surface area contributed by atoms with Gasteiger partial charge in [-0.3, -0.25) is 9.78 Å². The summed E-state index contributed by atoms with van der Waals surface area (Å²) in [7, 11) is 1.59. The average molecular weight is 259 g/mol. The molecule has 0 aliphatic carbocycles. The molecule has 1 aromatic heterocycles. The maximum absolute atomic E-state index is 11.6. The maximum Gasteiger partial charge on any atom is 0.280 e. The van der Waals surface area contributed by atoms with Crippen molar-refractivity contribution in [3.63, 3.8) is 0 Å². The van der Waals surface area contributed by atoms with Crippen molar-refractivity contribution < 1.29 is 4.74 Å². The molecule has 2 rings (SSSR count). The van der Waals surface area contributed by atoms with E-state index in [0.717, 1.165) is 11.3 Å². The van der Waals surface area contributed by atoms with E-state index in [0.29, 0.717) is 0 Å². The minimum atomic E-state index is -0.477. The highest BCUT2D eigenvalue weighted by molar-refractivity contribution is 5.83. The van der Waals surface area contributed by atoms with Crippen molar-refractivity contribution in [2.75, 3.05) is 18.6 Å². The molecule has 0 fully saturated rings. The van der Waals surface area contributed by atoms with Gasteiger partial charge in [-0.2, -0.15) is 4.98 Å². The fraction of sp³-hybridized carbons (Fsp3) is 0.0833. The monoisotopic (exact) mass is 259 g/mol. The van der Waals surface area contributed by atoms with Crippen LogP contribution in [0.1, 0.15) is 5.56 Å². The van der Waals surface area contributed by atoms with Gasteiger partial charge in [-0.15, -0.1) is 0 Å². The smallest absolute Gasteiger partial charge is 0.280 e. The zero-order valence-corrected chi connectivity index (χ0v) is 10.3. The number of nitrogens with two attached hydrogens (primary N) is 2. The second kappa shape index (κ2) is 5.21. The molecule has 0 atom stereocenters. The van der Waals surface area contributed by atoms with Crippen molar-refractivity contribution in [3.8, 4) is 5.75 Å². The summed E-state index contributed by atoms with van der Waals surface area (Å²) >= 11 is 0. The predicted octanol–water partition coefficient (Wildman–Crippen LogP) is 0.693. The molecule has 7 heteroatoms. The number of hydrogen-bond acceptors (Lipinski definition) is 6. The molecule has 0 spiro atoms. The van der Waals surface area contributed by atoms with Crippen LogP contribution >= 0.6 is 0 Å². The number of nitrogen functional groups attached to an aromatic ring is 2. The molecule has 98 valence electrons. The lowest BCUT2D eigenvalue weighted by Crippen LogP contribution is -2.13. The molecule has 1 heterocycles. The van der Waals surface area contributed by atoms with Gasteiger partial charge in [0.1, 0.15) is 5.75 Å². The lowest BCUT2D eigenvalue weighted by atomic mass is 10.2. The van der Waals surface area contributed by atoms with Crippen molar-refractivity contribution >= 4 is 23.7 Å². The zero-order chi connectivity index (χ0) is 13.8. The van der Waals surface area contributed by atoms with Crippen molar-refractivity contribution in [3.05, 3.63) is 40.2 Å². The van der Waals surface area contributed by atoms with Crippen molar-refractivity contribution in [2.24, 2.45) is 4.99 Å². The Kier molecular flexibility index (Phi) is 3.46. The molecular formula is C12H13N5O2. The van der Waals surface area contributed by atoms with Crippen LogP contribution in [0.2, 0.25) is 0 Å². The number of methoxy groups -OCH3 is 1. The quantitative estimate of drug-likeness (QED) is 0.700. The number of nitrogens with one attached hydrogen (secondary N) is 1. The van der Waals surface area contributed by atoms with Crippen LogP contribution in [0, 0.1) is 0 Å². The lowest BCUT2D eigenvalue weighted by molar-refractivity contribution is 0.415. The Morgan fingerprint density at radius 1 is 1.32 bits per heavy atom. The van der Waals surface area contributed by atoms with Gasteiger partial charge in [0.15, 0.2) is 11.5 Å². The van der Waals surface area contributed by atoms with E-state index < -0.39 is 5.56 Å². The Hall–Kier alpha value is -2.83. The van der Waals surface area contributed by atoms with Gasteiger partial charge in [-0.25, -0.2) is 4.99 Å². The number of benzene rings is 1. The number of aromatic amines is 1. The highest BCUT2D eigenvalue weighted by Crippen LogP contribution is 2.14. The van der Waals surface area contributed by atoms with E-state index in [1.165, 1.54) is 6.21 Å². The third kappa shape index (κ3) is 2.89. The molecule has 0 saturated carbocycles. The first-order valence-electron chi connectivity index (χ1n) is 5.43. The Balaban J connectivity index is 2.29. The molecule has 0 unspecified atom stereocenters. The highest BCUT2D eigenvalue weighted by atomic mass is 16.5. The van der Waals surface area contributed by atoms with Crippen LogP contribution in [0.5, 0.6) is 5.75 Å². The van der Waals surface area contributed by atoms with E-state index in [1.807, 2.05) is 0 Å². The summed E-state index contributed by atoms with van der Waals surface area (Å²) in [5.74, 6) is 0.695. The van der Waals surface area contributed by atoms with Crippen LogP contribution in [-0.2, 0) is 0 Å². The minimum Gasteiger partial charge on any atom is -0.497 e. The van der Waals surface area contributed by atoms with E-state index in [2.05, 4.69) is 15.0 Å². The van der Waals surface area contributed by atoms with Crippen LogP contribution in [0.15, 0.2) is 34.1 Å². The number of aliphatic imine (C=N–C) groups is 1. The van der Waals surface area contributed by atoms with Gasteiger partial charge in [-0.05, 0) is 29.8 Å². The van der Waals surface area contributed by atoms with Gasteiger partial charge in [0.05, 0.1) is 7.11 Å². The summed E-state index contributed by atoms with van der Waals surface area (Å²) in [5, 5.41) is 0. The summed E-state index contributed by atoms with van der Waals surface area (Å²) in [6.07, 6.45) is 1.51. The molecule has 0 amide bonds. The number of anilines is 2. The number of nitrogens with zero attached hydrogens (tertiary/aromatic N) is 2. The maximum atomic E-state index is 11.6. The number of H-pyrrole nitrogens is 1. The van der Waals surface area contributed by atoms with Crippen LogP contribution in [-0.4, -0.2) is 23.3 Å². The molecule has 0 radical (unpaired) electrons. The normalized spacial score (nSPS) is 10.8. The summed E-state index contributed by atoms with van der Waals surface area (Å²) in [5.41, 5.74) is 11.3. The predicted molar refractivity (Wildman–Crippen MR) is 73.9 cm³/mol. The van der Waals surface area contributed by atoms with Crippen LogP contribution in [0.3, 0.4) is 0 Å². The van der Waals surface area contributed by atoms with Gasteiger partial charge in [0, 0.05) is 6.21 Å². The molecule has 5 N–H and O–H groups in total. The largest absolute Gasteiger partial charge is 0.497 e. The number of aromatic nitrogens is 2. The average Bonchev–Trinajstić information content (AvgIpc) is 2.38. The van der Waals surface area contributed by atoms with Gasteiger partial charge >= 0.3 is 0 Å². The Bertz CT molecular complexity index is 661. The molecule has 0 saturated heterocycles. The topological polar surface area (TPSA) is 119 Å².